The Hall–Kier alpha value is -1.89. The fourth-order valence-electron chi connectivity index (χ4n) is 2.27. The Kier molecular flexibility index (Phi) is 2.52. The lowest BCUT2D eigenvalue weighted by Crippen LogP contribution is -1.86. The van der Waals surface area contributed by atoms with Crippen molar-refractivity contribution in [1.82, 2.24) is 4.98 Å². The topological polar surface area (TPSA) is 12.9 Å². The van der Waals surface area contributed by atoms with Crippen LogP contribution in [0.1, 0.15) is 18.9 Å². The van der Waals surface area contributed by atoms with Gasteiger partial charge in [0.1, 0.15) is 0 Å². The molecular weight excluding hydrogens is 206 g/mol. The highest BCUT2D eigenvalue weighted by Gasteiger charge is 2.00. The van der Waals surface area contributed by atoms with Crippen LogP contribution in [0.4, 0.5) is 0 Å². The average molecular weight is 221 g/mol. The van der Waals surface area contributed by atoms with Crippen LogP contribution in [0.2, 0.25) is 0 Å². The normalized spacial score (nSPS) is 11.1. The molecular formula is C16H15N. The molecule has 0 saturated heterocycles. The molecule has 0 radical (unpaired) electrons. The van der Waals surface area contributed by atoms with Crippen molar-refractivity contribution in [3.8, 4) is 0 Å². The van der Waals surface area contributed by atoms with Crippen molar-refractivity contribution < 1.29 is 0 Å². The highest BCUT2D eigenvalue weighted by Crippen LogP contribution is 2.21. The number of aromatic nitrogens is 1. The summed E-state index contributed by atoms with van der Waals surface area (Å²) in [6, 6.07) is 17.1. The smallest absolute Gasteiger partial charge is 0.0709 e. The molecule has 0 aliphatic carbocycles. The lowest BCUT2D eigenvalue weighted by molar-refractivity contribution is 0.923. The fourth-order valence-corrected chi connectivity index (χ4v) is 2.27. The number of rotatable bonds is 2. The number of para-hydroxylation sites is 1. The van der Waals surface area contributed by atoms with Gasteiger partial charge in [0.15, 0.2) is 0 Å². The van der Waals surface area contributed by atoms with E-state index in [1.165, 1.54) is 22.8 Å². The summed E-state index contributed by atoms with van der Waals surface area (Å²) >= 11 is 0. The van der Waals surface area contributed by atoms with Crippen LogP contribution in [0.5, 0.6) is 0 Å². The maximum absolute atomic E-state index is 4.68. The molecule has 3 rings (SSSR count). The second kappa shape index (κ2) is 4.17. The van der Waals surface area contributed by atoms with Gasteiger partial charge in [0.2, 0.25) is 0 Å². The standard InChI is InChI=1S/C16H15N/c1-2-5-12-8-9-16-14(10-12)11-13-6-3-4-7-15(13)17-16/h3-4,6-11H,2,5H2,1H3. The predicted octanol–water partition coefficient (Wildman–Crippen LogP) is 4.34. The summed E-state index contributed by atoms with van der Waals surface area (Å²) in [6.07, 6.45) is 2.33. The number of fused-ring (bicyclic) bond motifs is 2. The minimum Gasteiger partial charge on any atom is -0.248 e. The summed E-state index contributed by atoms with van der Waals surface area (Å²) in [7, 11) is 0. The first-order valence-electron chi connectivity index (χ1n) is 6.15. The molecule has 1 aromatic heterocycles. The van der Waals surface area contributed by atoms with Gasteiger partial charge in [0.25, 0.3) is 0 Å². The van der Waals surface area contributed by atoms with Gasteiger partial charge in [-0.15, -0.1) is 0 Å². The first-order valence-corrected chi connectivity index (χ1v) is 6.15. The number of pyridine rings is 1. The molecule has 84 valence electrons. The molecule has 1 nitrogen and oxygen atoms in total. The van der Waals surface area contributed by atoms with Crippen molar-refractivity contribution in [2.75, 3.05) is 0 Å². The third-order valence-corrected chi connectivity index (χ3v) is 3.12. The molecule has 0 amide bonds. The molecule has 0 fully saturated rings. The molecule has 0 bridgehead atoms. The second-order valence-corrected chi connectivity index (χ2v) is 4.46. The fraction of sp³-hybridized carbons (Fsp3) is 0.188. The van der Waals surface area contributed by atoms with E-state index >= 15 is 0 Å². The molecule has 2 aromatic carbocycles. The van der Waals surface area contributed by atoms with Gasteiger partial charge >= 0.3 is 0 Å². The van der Waals surface area contributed by atoms with Gasteiger partial charge in [-0.1, -0.05) is 37.6 Å². The summed E-state index contributed by atoms with van der Waals surface area (Å²) in [6.45, 7) is 2.21. The van der Waals surface area contributed by atoms with Crippen LogP contribution in [0.3, 0.4) is 0 Å². The predicted molar refractivity (Wildman–Crippen MR) is 73.2 cm³/mol. The van der Waals surface area contributed by atoms with Gasteiger partial charge in [-0.05, 0) is 36.2 Å². The van der Waals surface area contributed by atoms with Crippen molar-refractivity contribution in [3.05, 3.63) is 54.1 Å². The second-order valence-electron chi connectivity index (χ2n) is 4.46. The highest BCUT2D eigenvalue weighted by molar-refractivity contribution is 5.92. The van der Waals surface area contributed by atoms with Crippen LogP contribution >= 0.6 is 0 Å². The minimum atomic E-state index is 1.07. The van der Waals surface area contributed by atoms with E-state index in [-0.39, 0.29) is 0 Å². The van der Waals surface area contributed by atoms with E-state index in [4.69, 9.17) is 0 Å². The Morgan fingerprint density at radius 2 is 1.71 bits per heavy atom. The molecule has 0 spiro atoms. The van der Waals surface area contributed by atoms with Crippen molar-refractivity contribution >= 4 is 21.8 Å². The van der Waals surface area contributed by atoms with E-state index in [1.54, 1.807) is 0 Å². The third kappa shape index (κ3) is 1.89. The molecule has 0 saturated carbocycles. The van der Waals surface area contributed by atoms with Crippen LogP contribution in [-0.4, -0.2) is 4.98 Å². The Morgan fingerprint density at radius 1 is 0.882 bits per heavy atom. The molecule has 0 aliphatic rings. The summed E-state index contributed by atoms with van der Waals surface area (Å²) in [5.41, 5.74) is 3.56. The summed E-state index contributed by atoms with van der Waals surface area (Å²) in [5, 5.41) is 2.46. The van der Waals surface area contributed by atoms with Crippen LogP contribution in [-0.2, 0) is 6.42 Å². The molecule has 1 heterocycles. The van der Waals surface area contributed by atoms with Crippen LogP contribution in [0.25, 0.3) is 21.8 Å². The Balaban J connectivity index is 2.25. The number of hydrogen-bond acceptors (Lipinski definition) is 1. The van der Waals surface area contributed by atoms with Crippen LogP contribution in [0.15, 0.2) is 48.5 Å². The van der Waals surface area contributed by atoms with E-state index in [2.05, 4.69) is 54.4 Å². The third-order valence-electron chi connectivity index (χ3n) is 3.12. The Bertz CT molecular complexity index is 670. The summed E-state index contributed by atoms with van der Waals surface area (Å²) in [4.78, 5) is 4.68. The minimum absolute atomic E-state index is 1.07. The lowest BCUT2D eigenvalue weighted by atomic mass is 10.1. The quantitative estimate of drug-likeness (QED) is 0.586. The largest absolute Gasteiger partial charge is 0.248 e. The maximum Gasteiger partial charge on any atom is 0.0709 e. The Morgan fingerprint density at radius 3 is 2.59 bits per heavy atom. The van der Waals surface area contributed by atoms with Gasteiger partial charge in [-0.2, -0.15) is 0 Å². The van der Waals surface area contributed by atoms with Gasteiger partial charge in [0.05, 0.1) is 11.0 Å². The van der Waals surface area contributed by atoms with E-state index < -0.39 is 0 Å². The maximum atomic E-state index is 4.68. The van der Waals surface area contributed by atoms with E-state index in [0.717, 1.165) is 17.5 Å². The van der Waals surface area contributed by atoms with Crippen LogP contribution < -0.4 is 0 Å². The monoisotopic (exact) mass is 221 g/mol. The molecule has 17 heavy (non-hydrogen) atoms. The first-order chi connectivity index (χ1) is 8.36. The molecule has 0 unspecified atom stereocenters. The van der Waals surface area contributed by atoms with Gasteiger partial charge in [-0.25, -0.2) is 4.98 Å². The molecule has 0 N–H and O–H groups in total. The lowest BCUT2D eigenvalue weighted by Gasteiger charge is -2.04. The zero-order valence-electron chi connectivity index (χ0n) is 9.98. The van der Waals surface area contributed by atoms with Crippen molar-refractivity contribution in [2.45, 2.75) is 19.8 Å². The van der Waals surface area contributed by atoms with Gasteiger partial charge in [-0.3, -0.25) is 0 Å². The average Bonchev–Trinajstić information content (AvgIpc) is 2.36. The number of benzene rings is 2. The SMILES string of the molecule is CCCc1ccc2nc3ccccc3cc2c1. The Labute approximate surface area is 101 Å². The van der Waals surface area contributed by atoms with Crippen molar-refractivity contribution in [3.63, 3.8) is 0 Å². The molecule has 1 heteroatoms. The zero-order chi connectivity index (χ0) is 11.7. The number of nitrogens with zero attached hydrogens (tertiary/aromatic N) is 1. The number of aryl methyl sites for hydroxylation is 1. The summed E-state index contributed by atoms with van der Waals surface area (Å²) in [5.74, 6) is 0. The van der Waals surface area contributed by atoms with E-state index in [0.29, 0.717) is 0 Å². The van der Waals surface area contributed by atoms with E-state index in [9.17, 15) is 0 Å². The summed E-state index contributed by atoms with van der Waals surface area (Å²) < 4.78 is 0. The van der Waals surface area contributed by atoms with Crippen molar-refractivity contribution in [1.29, 1.82) is 0 Å². The van der Waals surface area contributed by atoms with Gasteiger partial charge < -0.3 is 0 Å². The van der Waals surface area contributed by atoms with Gasteiger partial charge in [0, 0.05) is 10.8 Å². The van der Waals surface area contributed by atoms with E-state index in [1.807, 2.05) is 6.07 Å². The first kappa shape index (κ1) is 10.3. The zero-order valence-corrected chi connectivity index (χ0v) is 9.98. The highest BCUT2D eigenvalue weighted by atomic mass is 14.7. The van der Waals surface area contributed by atoms with Crippen molar-refractivity contribution in [2.24, 2.45) is 0 Å². The molecule has 0 atom stereocenters. The molecule has 0 aliphatic heterocycles. The van der Waals surface area contributed by atoms with Crippen LogP contribution in [0, 0.1) is 0 Å². The number of hydrogen-bond donors (Lipinski definition) is 0. The molecule has 3 aromatic rings.